The monoisotopic (exact) mass is 1630 g/mol. The predicted molar refractivity (Wildman–Crippen MR) is 447 cm³/mol. The van der Waals surface area contributed by atoms with Crippen LogP contribution < -0.4 is 10.6 Å². The van der Waals surface area contributed by atoms with Gasteiger partial charge in [0, 0.05) is 58.4 Å². The summed E-state index contributed by atoms with van der Waals surface area (Å²) < 4.78 is 241. The van der Waals surface area contributed by atoms with Crippen LogP contribution >= 0.6 is 7.14 Å². The SMILES string of the molecule is C=C1/C(=C\CP(=O)(c2ccccc2)c2ccccc2)C[C@@H](O[Si](C)(C)C(C)(C)C)C[C@@H]1F.[2H]C([2H])([2H])C(CCCC(C)(C/C=C\C(C)(O[Si](C)(C)C)C(F)(F)F)[C@H]1CCC2C(=O)CCC[C@@]21C)(O[Si](C)(C)C)C([2H])([2H])[2H].[2H]C([2H])([2H])C(O)(CCCC(C)(C/C=C\C(C)(O)C(F)(F)F)[C@H]1CCC2/C(=C/C=C3/C[C@@H](O)C[C@H](F)C3=C)CCC[C@@]21C)C([2H])([2H])[2H]. The fraction of sp³-hybridized carbons (Fsp3) is 0.700. The Bertz CT molecular complexity index is 4020. The minimum atomic E-state index is -4.89. The molecule has 2 aromatic carbocycles. The van der Waals surface area contributed by atoms with Gasteiger partial charge in [0.15, 0.2) is 36.2 Å². The van der Waals surface area contributed by atoms with Gasteiger partial charge in [-0.1, -0.05) is 171 Å². The molecule has 622 valence electrons. The Kier molecular flexibility index (Phi) is 25.7. The topological polar surface area (TPSA) is 123 Å². The molecule has 0 saturated heterocycles. The molecule has 14 atom stereocenters. The summed E-state index contributed by atoms with van der Waals surface area (Å²) in [6, 6.07) is 19.2. The van der Waals surface area contributed by atoms with Crippen molar-refractivity contribution in [1.29, 1.82) is 0 Å². The molecule has 6 unspecified atom stereocenters. The summed E-state index contributed by atoms with van der Waals surface area (Å²) in [4.78, 5) is 13.0. The zero-order valence-electron chi connectivity index (χ0n) is 81.0. The first kappa shape index (κ1) is 77.6. The fourth-order valence-corrected chi connectivity index (χ4v) is 25.2. The lowest BCUT2D eigenvalue weighted by atomic mass is 9.55. The van der Waals surface area contributed by atoms with Gasteiger partial charge in [0.25, 0.3) is 0 Å². The molecule has 0 spiro atoms. The Hall–Kier alpha value is -3.63. The molecule has 3 N–H and O–H groups in total. The van der Waals surface area contributed by atoms with E-state index in [9.17, 15) is 59.8 Å². The number of carbonyl (C=O) groups is 1. The standard InChI is InChI=1S/C33H50F4O3.C30H55F3O3Si2.C27H36FO2PSi/c1-22-24(20-25(38)21-27(22)34)12-11-23-10-7-18-31(5)26(23)13-14-28(31)30(4,16-8-15-29(2,3)39)17-9-19-32(6,40)33(35,36)37;1-26(2,35-37(6,7)8)18-13-19-27(3,25-17-16-23-24(34)15-12-21-28(23,25)4)20-14-22-29(5,30(31,32)33)36-38(9,10)11;1-21-22(19-23(20-26(21)28)30-32(5,6)27(2,3)4)17-18-31(29,24-13-9-7-10-14-24)25-15-11-8-12-16-25/h9,11-12,19,25-28,38-40H,1,7-8,10,13-18,20-21H2,2-6H3;14,22-23,25H,12-13,15-21H2,1-11H3;7-17,23,26H,1,18-20H2,2-6H3/b19-9-,23-11+,24-12-;22-14-;22-17-/t25-,26?,27+,28-,30?,31+,32?;23?,25-,27?,28+,29?;23-,26+/m111/s1/i2D3,3D3;1D3,2D3;. The van der Waals surface area contributed by atoms with Crippen molar-refractivity contribution in [2.45, 2.75) is 348 Å². The van der Waals surface area contributed by atoms with Gasteiger partial charge in [-0.05, 0) is 282 Å². The second kappa shape index (κ2) is 36.5. The number of ketones is 1. The number of fused-ring (bicyclic) bond motifs is 2. The van der Waals surface area contributed by atoms with Crippen molar-refractivity contribution in [1.82, 2.24) is 0 Å². The Labute approximate surface area is 678 Å². The highest BCUT2D eigenvalue weighted by molar-refractivity contribution is 7.78. The zero-order chi connectivity index (χ0) is 93.1. The molecule has 0 aromatic heterocycles. The minimum Gasteiger partial charge on any atom is -0.413 e. The first-order valence-corrected chi connectivity index (χ1v) is 51.5. The number of halogens is 8. The van der Waals surface area contributed by atoms with Crippen LogP contribution in [0.3, 0.4) is 0 Å². The van der Waals surface area contributed by atoms with E-state index in [1.807, 2.05) is 92.7 Å². The van der Waals surface area contributed by atoms with E-state index in [1.54, 1.807) is 39.3 Å². The number of rotatable bonds is 27. The average Bonchev–Trinajstić information content (AvgIpc) is 1.49. The van der Waals surface area contributed by atoms with Crippen LogP contribution in [0.5, 0.6) is 0 Å². The third-order valence-corrected chi connectivity index (χ3v) is 34.9. The van der Waals surface area contributed by atoms with Crippen LogP contribution in [-0.4, -0.2) is 112 Å². The second-order valence-electron chi connectivity index (χ2n) is 37.9. The largest absolute Gasteiger partial charge is 0.420 e. The molecule has 0 radical (unpaired) electrons. The molecular weight excluding hydrogens is 1480 g/mol. The fourth-order valence-electron chi connectivity index (χ4n) is 18.7. The van der Waals surface area contributed by atoms with E-state index in [0.29, 0.717) is 68.3 Å². The molecule has 6 aliphatic rings. The molecule has 0 heterocycles. The van der Waals surface area contributed by atoms with Gasteiger partial charge in [-0.2, -0.15) is 26.3 Å². The van der Waals surface area contributed by atoms with E-state index in [0.717, 1.165) is 86.6 Å². The summed E-state index contributed by atoms with van der Waals surface area (Å²) in [5, 5.41) is 32.7. The van der Waals surface area contributed by atoms with E-state index >= 15 is 0 Å². The number of alkyl halides is 8. The summed E-state index contributed by atoms with van der Waals surface area (Å²) in [6.07, 6.45) is 7.20. The van der Waals surface area contributed by atoms with Gasteiger partial charge in [0.05, 0.1) is 23.4 Å². The highest BCUT2D eigenvalue weighted by Crippen LogP contribution is 2.65. The molecule has 6 aliphatic carbocycles. The summed E-state index contributed by atoms with van der Waals surface area (Å²) in [7, 11) is -10.1. The van der Waals surface area contributed by atoms with Crippen LogP contribution in [0.2, 0.25) is 57.4 Å². The molecule has 110 heavy (non-hydrogen) atoms. The van der Waals surface area contributed by atoms with E-state index in [1.165, 1.54) is 17.7 Å². The van der Waals surface area contributed by atoms with Crippen molar-refractivity contribution < 1.29 is 89.5 Å². The predicted octanol–water partition coefficient (Wildman–Crippen LogP) is 25.0. The first-order valence-electron chi connectivity index (χ1n) is 45.8. The van der Waals surface area contributed by atoms with Crippen LogP contribution in [0.15, 0.2) is 144 Å². The van der Waals surface area contributed by atoms with E-state index in [4.69, 9.17) is 29.7 Å². The van der Waals surface area contributed by atoms with Crippen molar-refractivity contribution >= 4 is 48.5 Å². The number of aliphatic hydroxyl groups is 3. The van der Waals surface area contributed by atoms with Gasteiger partial charge < -0.3 is 33.2 Å². The molecule has 6 fully saturated rings. The number of carbonyl (C=O) groups excluding carboxylic acids is 1. The number of hydrogen-bond acceptors (Lipinski definition) is 8. The summed E-state index contributed by atoms with van der Waals surface area (Å²) in [6.45, 7) is 27.0. The van der Waals surface area contributed by atoms with Gasteiger partial charge in [0.1, 0.15) is 25.3 Å². The summed E-state index contributed by atoms with van der Waals surface area (Å²) in [5.41, 5.74) is -9.24. The van der Waals surface area contributed by atoms with Crippen LogP contribution in [0.4, 0.5) is 35.1 Å². The van der Waals surface area contributed by atoms with Crippen molar-refractivity contribution in [2.24, 2.45) is 45.3 Å². The zero-order valence-corrected chi connectivity index (χ0v) is 72.9. The second-order valence-corrected chi connectivity index (χ2v) is 54.4. The van der Waals surface area contributed by atoms with Gasteiger partial charge in [-0.15, -0.1) is 0 Å². The Balaban J connectivity index is 0.000000288. The van der Waals surface area contributed by atoms with E-state index in [2.05, 4.69) is 60.9 Å². The van der Waals surface area contributed by atoms with Gasteiger partial charge in [0.2, 0.25) is 0 Å². The highest BCUT2D eigenvalue weighted by atomic mass is 31.2. The molecule has 20 heteroatoms. The number of allylic oxidation sites excluding steroid dienone is 8. The number of benzene rings is 2. The third-order valence-electron chi connectivity index (χ3n) is 25.4. The number of hydrogen-bond donors (Lipinski definition) is 3. The normalized spacial score (nSPS) is 31.2. The summed E-state index contributed by atoms with van der Waals surface area (Å²) >= 11 is 0. The van der Waals surface area contributed by atoms with Gasteiger partial charge >= 0.3 is 12.4 Å². The van der Waals surface area contributed by atoms with E-state index in [-0.39, 0.29) is 96.4 Å². The maximum atomic E-state index is 14.9. The Morgan fingerprint density at radius 3 is 1.61 bits per heavy atom. The van der Waals surface area contributed by atoms with Gasteiger partial charge in [-0.25, -0.2) is 8.78 Å². The first-order chi connectivity index (χ1) is 55.2. The minimum absolute atomic E-state index is 0.00810. The maximum absolute atomic E-state index is 14.9. The van der Waals surface area contributed by atoms with E-state index < -0.39 is 130 Å². The molecule has 0 aliphatic heterocycles. The van der Waals surface area contributed by atoms with Crippen LogP contribution in [0, 0.1) is 45.3 Å². The van der Waals surface area contributed by atoms with Gasteiger partial charge in [-0.3, -0.25) is 4.79 Å². The molecule has 6 saturated carbocycles. The number of Topliss-reactive ketones (excluding diaryl/α,β-unsaturated/α-hetero) is 1. The summed E-state index contributed by atoms with van der Waals surface area (Å²) in [5.74, 6) is 0.169. The molecule has 0 bridgehead atoms. The highest BCUT2D eigenvalue weighted by Gasteiger charge is 2.59. The quantitative estimate of drug-likeness (QED) is 0.0350. The smallest absolute Gasteiger partial charge is 0.413 e. The Morgan fingerprint density at radius 2 is 1.11 bits per heavy atom. The maximum Gasteiger partial charge on any atom is 0.420 e. The van der Waals surface area contributed by atoms with Crippen molar-refractivity contribution in [3.63, 3.8) is 0 Å². The molecule has 8 nitrogen and oxygen atoms in total. The Morgan fingerprint density at radius 1 is 0.618 bits per heavy atom. The van der Waals surface area contributed by atoms with Crippen molar-refractivity contribution in [3.8, 4) is 0 Å². The lowest BCUT2D eigenvalue weighted by Gasteiger charge is -2.49. The van der Waals surface area contributed by atoms with Crippen molar-refractivity contribution in [2.75, 3.05) is 6.16 Å². The lowest BCUT2D eigenvalue weighted by Crippen LogP contribution is -2.49. The average molecular weight is 1630 g/mol. The molecule has 8 rings (SSSR count). The van der Waals surface area contributed by atoms with Crippen LogP contribution in [0.1, 0.15) is 247 Å². The third kappa shape index (κ3) is 25.0. The van der Waals surface area contributed by atoms with Crippen LogP contribution in [-0.2, 0) is 22.6 Å². The van der Waals surface area contributed by atoms with Crippen LogP contribution in [0.25, 0.3) is 0 Å². The molecular formula is C90H141F8O8PSi3. The lowest BCUT2D eigenvalue weighted by molar-refractivity contribution is -0.232. The molecule has 2 aromatic rings. The van der Waals surface area contributed by atoms with Crippen molar-refractivity contribution in [3.05, 3.63) is 144 Å². The molecule has 0 amide bonds. The number of aliphatic hydroxyl groups excluding tert-OH is 1.